The highest BCUT2D eigenvalue weighted by molar-refractivity contribution is 5.95. The Hall–Kier alpha value is -2.94. The molecule has 0 aliphatic heterocycles. The number of benzene rings is 2. The van der Waals surface area contributed by atoms with Crippen LogP contribution in [-0.4, -0.2) is 10.9 Å². The standard InChI is InChI=1S/C19H16N2O/c22-19(21-14-15-9-11-20-12-10-15)18-8-4-7-17(13-18)16-5-2-1-3-6-16/h1-13H,14H2,(H,21,22). The van der Waals surface area contributed by atoms with Crippen molar-refractivity contribution in [2.24, 2.45) is 0 Å². The Morgan fingerprint density at radius 3 is 2.36 bits per heavy atom. The van der Waals surface area contributed by atoms with Crippen LogP contribution in [0.3, 0.4) is 0 Å². The first-order valence-electron chi connectivity index (χ1n) is 7.15. The summed E-state index contributed by atoms with van der Waals surface area (Å²) in [5, 5.41) is 2.93. The fraction of sp³-hybridized carbons (Fsp3) is 0.0526. The molecule has 108 valence electrons. The molecular weight excluding hydrogens is 272 g/mol. The van der Waals surface area contributed by atoms with Gasteiger partial charge in [0.15, 0.2) is 0 Å². The SMILES string of the molecule is O=C(NCc1ccncc1)c1cccc(-c2ccccc2)c1. The molecule has 0 saturated carbocycles. The van der Waals surface area contributed by atoms with Crippen LogP contribution >= 0.6 is 0 Å². The number of carbonyl (C=O) groups excluding carboxylic acids is 1. The van der Waals surface area contributed by atoms with Crippen molar-refractivity contribution in [2.45, 2.75) is 6.54 Å². The van der Waals surface area contributed by atoms with Crippen molar-refractivity contribution in [1.29, 1.82) is 0 Å². The van der Waals surface area contributed by atoms with Gasteiger partial charge >= 0.3 is 0 Å². The van der Waals surface area contributed by atoms with E-state index in [0.29, 0.717) is 12.1 Å². The lowest BCUT2D eigenvalue weighted by atomic mass is 10.0. The topological polar surface area (TPSA) is 42.0 Å². The zero-order valence-corrected chi connectivity index (χ0v) is 12.1. The molecule has 1 aromatic heterocycles. The Labute approximate surface area is 129 Å². The summed E-state index contributed by atoms with van der Waals surface area (Å²) in [5.41, 5.74) is 3.83. The first-order valence-corrected chi connectivity index (χ1v) is 7.15. The van der Waals surface area contributed by atoms with Crippen LogP contribution in [-0.2, 0) is 6.54 Å². The molecule has 3 heteroatoms. The van der Waals surface area contributed by atoms with E-state index < -0.39 is 0 Å². The lowest BCUT2D eigenvalue weighted by Crippen LogP contribution is -2.22. The summed E-state index contributed by atoms with van der Waals surface area (Å²) >= 11 is 0. The van der Waals surface area contributed by atoms with E-state index >= 15 is 0 Å². The fourth-order valence-corrected chi connectivity index (χ4v) is 2.26. The molecule has 1 N–H and O–H groups in total. The monoisotopic (exact) mass is 288 g/mol. The molecule has 0 bridgehead atoms. The van der Waals surface area contributed by atoms with Crippen molar-refractivity contribution in [3.63, 3.8) is 0 Å². The van der Waals surface area contributed by atoms with E-state index in [1.165, 1.54) is 0 Å². The third-order valence-electron chi connectivity index (χ3n) is 3.43. The van der Waals surface area contributed by atoms with Crippen molar-refractivity contribution in [1.82, 2.24) is 10.3 Å². The summed E-state index contributed by atoms with van der Waals surface area (Å²) in [4.78, 5) is 16.2. The van der Waals surface area contributed by atoms with Crippen LogP contribution in [0, 0.1) is 0 Å². The average molecular weight is 288 g/mol. The molecule has 0 saturated heterocycles. The Bertz CT molecular complexity index is 755. The first kappa shape index (κ1) is 14.0. The highest BCUT2D eigenvalue weighted by atomic mass is 16.1. The number of carbonyl (C=O) groups is 1. The van der Waals surface area contributed by atoms with Gasteiger partial charge in [0.05, 0.1) is 0 Å². The summed E-state index contributed by atoms with van der Waals surface area (Å²) in [6.45, 7) is 0.497. The predicted molar refractivity (Wildman–Crippen MR) is 87.3 cm³/mol. The van der Waals surface area contributed by atoms with Crippen LogP contribution in [0.25, 0.3) is 11.1 Å². The number of hydrogen-bond acceptors (Lipinski definition) is 2. The normalized spacial score (nSPS) is 10.2. The second-order valence-electron chi connectivity index (χ2n) is 4.98. The molecule has 0 atom stereocenters. The summed E-state index contributed by atoms with van der Waals surface area (Å²) in [6.07, 6.45) is 3.44. The quantitative estimate of drug-likeness (QED) is 0.795. The molecule has 0 radical (unpaired) electrons. The molecular formula is C19H16N2O. The Morgan fingerprint density at radius 2 is 1.59 bits per heavy atom. The maximum absolute atomic E-state index is 12.3. The third-order valence-corrected chi connectivity index (χ3v) is 3.43. The van der Waals surface area contributed by atoms with E-state index in [1.54, 1.807) is 12.4 Å². The minimum absolute atomic E-state index is 0.0745. The Kier molecular flexibility index (Phi) is 4.25. The van der Waals surface area contributed by atoms with Gasteiger partial charge in [0.1, 0.15) is 0 Å². The second-order valence-corrected chi connectivity index (χ2v) is 4.98. The van der Waals surface area contributed by atoms with Crippen LogP contribution in [0.1, 0.15) is 15.9 Å². The smallest absolute Gasteiger partial charge is 0.251 e. The minimum Gasteiger partial charge on any atom is -0.348 e. The van der Waals surface area contributed by atoms with Gasteiger partial charge in [-0.05, 0) is 41.0 Å². The largest absolute Gasteiger partial charge is 0.348 e. The average Bonchev–Trinajstić information content (AvgIpc) is 2.61. The van der Waals surface area contributed by atoms with Crippen LogP contribution < -0.4 is 5.32 Å². The maximum Gasteiger partial charge on any atom is 0.251 e. The maximum atomic E-state index is 12.3. The number of pyridine rings is 1. The van der Waals surface area contributed by atoms with Crippen molar-refractivity contribution < 1.29 is 4.79 Å². The van der Waals surface area contributed by atoms with Gasteiger partial charge in [0.2, 0.25) is 0 Å². The number of hydrogen-bond donors (Lipinski definition) is 1. The van der Waals surface area contributed by atoms with E-state index in [9.17, 15) is 4.79 Å². The van der Waals surface area contributed by atoms with E-state index in [4.69, 9.17) is 0 Å². The van der Waals surface area contributed by atoms with Crippen molar-refractivity contribution in [3.05, 3.63) is 90.3 Å². The van der Waals surface area contributed by atoms with E-state index in [2.05, 4.69) is 10.3 Å². The van der Waals surface area contributed by atoms with E-state index in [-0.39, 0.29) is 5.91 Å². The molecule has 0 fully saturated rings. The van der Waals surface area contributed by atoms with Gasteiger partial charge in [-0.15, -0.1) is 0 Å². The number of nitrogens with zero attached hydrogens (tertiary/aromatic N) is 1. The molecule has 0 unspecified atom stereocenters. The minimum atomic E-state index is -0.0745. The third kappa shape index (κ3) is 3.38. The Morgan fingerprint density at radius 1 is 0.864 bits per heavy atom. The number of aromatic nitrogens is 1. The molecule has 1 heterocycles. The molecule has 0 aliphatic rings. The van der Waals surface area contributed by atoms with Gasteiger partial charge in [-0.1, -0.05) is 42.5 Å². The number of amides is 1. The molecule has 0 spiro atoms. The molecule has 3 rings (SSSR count). The predicted octanol–water partition coefficient (Wildman–Crippen LogP) is 3.68. The Balaban J connectivity index is 1.73. The molecule has 1 amide bonds. The second kappa shape index (κ2) is 6.68. The van der Waals surface area contributed by atoms with Gasteiger partial charge < -0.3 is 5.32 Å². The first-order chi connectivity index (χ1) is 10.8. The van der Waals surface area contributed by atoms with Crippen LogP contribution in [0.15, 0.2) is 79.1 Å². The number of rotatable bonds is 4. The van der Waals surface area contributed by atoms with Crippen molar-refractivity contribution in [2.75, 3.05) is 0 Å². The summed E-state index contributed by atoms with van der Waals surface area (Å²) in [6, 6.07) is 21.5. The van der Waals surface area contributed by atoms with Gasteiger partial charge in [0.25, 0.3) is 5.91 Å². The van der Waals surface area contributed by atoms with Crippen molar-refractivity contribution >= 4 is 5.91 Å². The van der Waals surface area contributed by atoms with E-state index in [0.717, 1.165) is 16.7 Å². The molecule has 22 heavy (non-hydrogen) atoms. The highest BCUT2D eigenvalue weighted by Crippen LogP contribution is 2.19. The van der Waals surface area contributed by atoms with Gasteiger partial charge in [-0.25, -0.2) is 0 Å². The molecule has 2 aromatic carbocycles. The summed E-state index contributed by atoms with van der Waals surface area (Å²) in [7, 11) is 0. The summed E-state index contributed by atoms with van der Waals surface area (Å²) in [5.74, 6) is -0.0745. The van der Waals surface area contributed by atoms with Gasteiger partial charge in [-0.2, -0.15) is 0 Å². The molecule has 0 aliphatic carbocycles. The van der Waals surface area contributed by atoms with Crippen LogP contribution in [0.5, 0.6) is 0 Å². The zero-order valence-electron chi connectivity index (χ0n) is 12.1. The summed E-state index contributed by atoms with van der Waals surface area (Å²) < 4.78 is 0. The highest BCUT2D eigenvalue weighted by Gasteiger charge is 2.06. The molecule has 3 aromatic rings. The fourth-order valence-electron chi connectivity index (χ4n) is 2.26. The van der Waals surface area contributed by atoms with Crippen LogP contribution in [0.4, 0.5) is 0 Å². The zero-order chi connectivity index (χ0) is 15.2. The van der Waals surface area contributed by atoms with Crippen LogP contribution in [0.2, 0.25) is 0 Å². The van der Waals surface area contributed by atoms with Gasteiger partial charge in [-0.3, -0.25) is 9.78 Å². The number of nitrogens with one attached hydrogen (secondary N) is 1. The van der Waals surface area contributed by atoms with Gasteiger partial charge in [0, 0.05) is 24.5 Å². The lowest BCUT2D eigenvalue weighted by molar-refractivity contribution is 0.0951. The van der Waals surface area contributed by atoms with E-state index in [1.807, 2.05) is 66.7 Å². The lowest BCUT2D eigenvalue weighted by Gasteiger charge is -2.07. The molecule has 3 nitrogen and oxygen atoms in total. The van der Waals surface area contributed by atoms with Crippen molar-refractivity contribution in [3.8, 4) is 11.1 Å².